The lowest BCUT2D eigenvalue weighted by Crippen LogP contribution is -2.38. The first kappa shape index (κ1) is 15.2. The molecule has 0 radical (unpaired) electrons. The molecule has 2 atom stereocenters. The van der Waals surface area contributed by atoms with Gasteiger partial charge in [0.1, 0.15) is 15.8 Å². The molecule has 1 saturated heterocycles. The van der Waals surface area contributed by atoms with Crippen molar-refractivity contribution in [1.29, 1.82) is 0 Å². The van der Waals surface area contributed by atoms with Crippen LogP contribution >= 0.6 is 22.9 Å². The summed E-state index contributed by atoms with van der Waals surface area (Å²) in [6, 6.07) is 0. The van der Waals surface area contributed by atoms with Gasteiger partial charge in [0.2, 0.25) is 0 Å². The van der Waals surface area contributed by atoms with Gasteiger partial charge in [0.05, 0.1) is 11.9 Å². The van der Waals surface area contributed by atoms with Gasteiger partial charge in [0, 0.05) is 11.4 Å². The Morgan fingerprint density at radius 3 is 2.71 bits per heavy atom. The molecule has 1 aliphatic heterocycles. The van der Waals surface area contributed by atoms with Crippen LogP contribution < -0.4 is 0 Å². The van der Waals surface area contributed by atoms with Crippen LogP contribution in [0.3, 0.4) is 0 Å². The highest BCUT2D eigenvalue weighted by Crippen LogP contribution is 2.33. The van der Waals surface area contributed by atoms with Crippen molar-refractivity contribution in [1.82, 2.24) is 14.9 Å². The number of aryl methyl sites for hydroxylation is 2. The predicted octanol–water partition coefficient (Wildman–Crippen LogP) is 4.44. The number of aromatic nitrogens is 2. The van der Waals surface area contributed by atoms with Crippen LogP contribution in [0.5, 0.6) is 0 Å². The topological polar surface area (TPSA) is 29.0 Å². The van der Waals surface area contributed by atoms with Crippen LogP contribution in [-0.2, 0) is 6.54 Å². The number of fused-ring (bicyclic) bond motifs is 1. The second-order valence-corrected chi connectivity index (χ2v) is 7.93. The van der Waals surface area contributed by atoms with Gasteiger partial charge in [0.15, 0.2) is 0 Å². The Morgan fingerprint density at radius 1 is 1.24 bits per heavy atom. The molecule has 1 fully saturated rings. The van der Waals surface area contributed by atoms with Gasteiger partial charge < -0.3 is 0 Å². The summed E-state index contributed by atoms with van der Waals surface area (Å²) in [7, 11) is 0. The maximum absolute atomic E-state index is 6.39. The van der Waals surface area contributed by atoms with Crippen LogP contribution in [0.15, 0.2) is 0 Å². The predicted molar refractivity (Wildman–Crippen MR) is 90.1 cm³/mol. The average Bonchev–Trinajstić information content (AvgIpc) is 2.70. The SMILES string of the molecule is Cc1sc2nc(CN3CCC(C)C(C)C3)nc(Cl)c2c1C. The molecular weight excluding hydrogens is 302 g/mol. The molecule has 5 heteroatoms. The summed E-state index contributed by atoms with van der Waals surface area (Å²) in [6.07, 6.45) is 1.26. The second-order valence-electron chi connectivity index (χ2n) is 6.37. The van der Waals surface area contributed by atoms with E-state index in [2.05, 4.69) is 37.6 Å². The fraction of sp³-hybridized carbons (Fsp3) is 0.625. The summed E-state index contributed by atoms with van der Waals surface area (Å²) in [4.78, 5) is 14.0. The summed E-state index contributed by atoms with van der Waals surface area (Å²) < 4.78 is 0. The van der Waals surface area contributed by atoms with E-state index in [4.69, 9.17) is 16.6 Å². The Labute approximate surface area is 135 Å². The molecule has 0 N–H and O–H groups in total. The zero-order chi connectivity index (χ0) is 15.1. The van der Waals surface area contributed by atoms with Gasteiger partial charge in [-0.05, 0) is 44.2 Å². The third kappa shape index (κ3) is 2.94. The van der Waals surface area contributed by atoms with Crippen molar-refractivity contribution in [2.45, 2.75) is 40.7 Å². The molecule has 0 aliphatic carbocycles. The molecule has 3 heterocycles. The number of rotatable bonds is 2. The van der Waals surface area contributed by atoms with E-state index in [1.165, 1.54) is 16.9 Å². The quantitative estimate of drug-likeness (QED) is 0.765. The normalized spacial score (nSPS) is 23.9. The standard InChI is InChI=1S/C16H22ClN3S/c1-9-5-6-20(7-10(9)2)8-13-18-15(17)14-11(3)12(4)21-16(14)19-13/h9-10H,5-8H2,1-4H3. The van der Waals surface area contributed by atoms with Crippen LogP contribution in [-0.4, -0.2) is 28.0 Å². The monoisotopic (exact) mass is 323 g/mol. The number of hydrogen-bond donors (Lipinski definition) is 0. The van der Waals surface area contributed by atoms with Crippen LogP contribution in [0.25, 0.3) is 10.2 Å². The van der Waals surface area contributed by atoms with Crippen LogP contribution in [0.1, 0.15) is 36.5 Å². The first-order valence-corrected chi connectivity index (χ1v) is 8.79. The summed E-state index contributed by atoms with van der Waals surface area (Å²) in [6.45, 7) is 12.0. The number of nitrogens with zero attached hydrogens (tertiary/aromatic N) is 3. The Hall–Kier alpha value is -0.710. The van der Waals surface area contributed by atoms with E-state index in [1.807, 2.05) is 0 Å². The zero-order valence-electron chi connectivity index (χ0n) is 13.1. The Balaban J connectivity index is 1.85. The molecule has 0 amide bonds. The Morgan fingerprint density at radius 2 is 2.00 bits per heavy atom. The van der Waals surface area contributed by atoms with Gasteiger partial charge >= 0.3 is 0 Å². The van der Waals surface area contributed by atoms with Crippen molar-refractivity contribution >= 4 is 33.2 Å². The average molecular weight is 324 g/mol. The van der Waals surface area contributed by atoms with E-state index in [-0.39, 0.29) is 0 Å². The van der Waals surface area contributed by atoms with Gasteiger partial charge in [-0.3, -0.25) is 4.90 Å². The molecule has 0 bridgehead atoms. The lowest BCUT2D eigenvalue weighted by molar-refractivity contribution is 0.129. The van der Waals surface area contributed by atoms with Gasteiger partial charge in [-0.25, -0.2) is 9.97 Å². The second kappa shape index (κ2) is 5.82. The number of hydrogen-bond acceptors (Lipinski definition) is 4. The Bertz CT molecular complexity index is 667. The zero-order valence-corrected chi connectivity index (χ0v) is 14.7. The maximum Gasteiger partial charge on any atom is 0.145 e. The van der Waals surface area contributed by atoms with Crippen molar-refractivity contribution < 1.29 is 0 Å². The first-order chi connectivity index (χ1) is 9.95. The van der Waals surface area contributed by atoms with Crippen molar-refractivity contribution in [2.24, 2.45) is 11.8 Å². The smallest absolute Gasteiger partial charge is 0.145 e. The molecule has 2 aromatic rings. The van der Waals surface area contributed by atoms with E-state index in [1.54, 1.807) is 11.3 Å². The molecule has 3 rings (SSSR count). The van der Waals surface area contributed by atoms with Crippen LogP contribution in [0.4, 0.5) is 0 Å². The summed E-state index contributed by atoms with van der Waals surface area (Å²) in [5, 5.41) is 1.64. The highest BCUT2D eigenvalue weighted by Gasteiger charge is 2.23. The fourth-order valence-electron chi connectivity index (χ4n) is 3.01. The lowest BCUT2D eigenvalue weighted by atomic mass is 9.89. The molecule has 114 valence electrons. The largest absolute Gasteiger partial charge is 0.296 e. The van der Waals surface area contributed by atoms with Crippen LogP contribution in [0, 0.1) is 25.7 Å². The summed E-state index contributed by atoms with van der Waals surface area (Å²) >= 11 is 8.10. The molecule has 21 heavy (non-hydrogen) atoms. The molecule has 1 aliphatic rings. The minimum absolute atomic E-state index is 0.607. The van der Waals surface area contributed by atoms with E-state index < -0.39 is 0 Å². The number of thiophene rings is 1. The van der Waals surface area contributed by atoms with E-state index >= 15 is 0 Å². The molecule has 2 unspecified atom stereocenters. The Kier molecular flexibility index (Phi) is 4.21. The maximum atomic E-state index is 6.39. The van der Waals surface area contributed by atoms with Crippen molar-refractivity contribution in [3.05, 3.63) is 21.4 Å². The molecule has 0 saturated carbocycles. The third-order valence-electron chi connectivity index (χ3n) is 4.81. The molecule has 0 aromatic carbocycles. The summed E-state index contributed by atoms with van der Waals surface area (Å²) in [5.41, 5.74) is 1.21. The van der Waals surface area contributed by atoms with Crippen molar-refractivity contribution in [3.63, 3.8) is 0 Å². The summed E-state index contributed by atoms with van der Waals surface area (Å²) in [5.74, 6) is 2.41. The molecule has 2 aromatic heterocycles. The number of halogens is 1. The van der Waals surface area contributed by atoms with E-state index in [0.717, 1.165) is 47.5 Å². The lowest BCUT2D eigenvalue weighted by Gasteiger charge is -2.34. The van der Waals surface area contributed by atoms with Crippen LogP contribution in [0.2, 0.25) is 5.15 Å². The first-order valence-electron chi connectivity index (χ1n) is 7.60. The van der Waals surface area contributed by atoms with Gasteiger partial charge in [-0.2, -0.15) is 0 Å². The van der Waals surface area contributed by atoms with Crippen molar-refractivity contribution in [3.8, 4) is 0 Å². The number of piperidine rings is 1. The van der Waals surface area contributed by atoms with Gasteiger partial charge in [0.25, 0.3) is 0 Å². The van der Waals surface area contributed by atoms with Gasteiger partial charge in [-0.15, -0.1) is 11.3 Å². The highest BCUT2D eigenvalue weighted by atomic mass is 35.5. The minimum atomic E-state index is 0.607. The molecule has 0 spiro atoms. The number of likely N-dealkylation sites (tertiary alicyclic amines) is 1. The highest BCUT2D eigenvalue weighted by molar-refractivity contribution is 7.18. The molecule has 3 nitrogen and oxygen atoms in total. The van der Waals surface area contributed by atoms with Gasteiger partial charge in [-0.1, -0.05) is 25.4 Å². The fourth-order valence-corrected chi connectivity index (χ4v) is 4.44. The third-order valence-corrected chi connectivity index (χ3v) is 6.19. The van der Waals surface area contributed by atoms with Crippen molar-refractivity contribution in [2.75, 3.05) is 13.1 Å². The molecular formula is C16H22ClN3S. The van der Waals surface area contributed by atoms with E-state index in [9.17, 15) is 0 Å². The van der Waals surface area contributed by atoms with E-state index in [0.29, 0.717) is 5.15 Å². The minimum Gasteiger partial charge on any atom is -0.296 e.